The summed E-state index contributed by atoms with van der Waals surface area (Å²) in [5, 5.41) is 0. The first-order valence-corrected chi connectivity index (χ1v) is 10.6. The number of likely N-dealkylation sites (N-methyl/N-ethyl adjacent to an activating group) is 1. The maximum Gasteiger partial charge on any atom is 0.247 e. The molecule has 3 rings (SSSR count). The second-order valence-corrected chi connectivity index (χ2v) is 9.97. The van der Waals surface area contributed by atoms with Gasteiger partial charge in [0.1, 0.15) is 10.6 Å². The van der Waals surface area contributed by atoms with Crippen LogP contribution in [0.25, 0.3) is 0 Å². The number of para-hydroxylation sites is 1. The molecular weight excluding hydrogens is 340 g/mol. The summed E-state index contributed by atoms with van der Waals surface area (Å²) in [6.45, 7) is 0.776. The van der Waals surface area contributed by atoms with Crippen LogP contribution in [-0.4, -0.2) is 76.9 Å². The molecule has 2 aliphatic heterocycles. The number of hydrogen-bond acceptors (Lipinski definition) is 6. The predicted octanol–water partition coefficient (Wildman–Crippen LogP) is -0.203. The van der Waals surface area contributed by atoms with Crippen molar-refractivity contribution < 1.29 is 21.6 Å². The molecule has 9 heteroatoms. The van der Waals surface area contributed by atoms with E-state index in [-0.39, 0.29) is 34.7 Å². The van der Waals surface area contributed by atoms with E-state index in [1.54, 1.807) is 18.2 Å². The van der Waals surface area contributed by atoms with E-state index in [0.717, 1.165) is 0 Å². The third kappa shape index (κ3) is 2.86. The molecule has 2 fully saturated rings. The van der Waals surface area contributed by atoms with E-state index in [2.05, 4.69) is 0 Å². The number of sulfone groups is 1. The Balaban J connectivity index is 2.03. The highest BCUT2D eigenvalue weighted by molar-refractivity contribution is 7.92. The quantitative estimate of drug-likeness (QED) is 0.742. The van der Waals surface area contributed by atoms with Gasteiger partial charge >= 0.3 is 0 Å². The smallest absolute Gasteiger partial charge is 0.247 e. The number of methoxy groups -OCH3 is 1. The number of benzene rings is 1. The molecule has 0 spiro atoms. The molecule has 23 heavy (non-hydrogen) atoms. The summed E-state index contributed by atoms with van der Waals surface area (Å²) in [6.07, 6.45) is 0. The molecule has 2 atom stereocenters. The van der Waals surface area contributed by atoms with Gasteiger partial charge in [0, 0.05) is 19.1 Å². The van der Waals surface area contributed by atoms with Crippen LogP contribution in [0.5, 0.6) is 5.75 Å². The summed E-state index contributed by atoms with van der Waals surface area (Å²) in [4.78, 5) is 2.01. The number of fused-ring (bicyclic) bond motifs is 1. The van der Waals surface area contributed by atoms with Crippen LogP contribution < -0.4 is 4.74 Å². The van der Waals surface area contributed by atoms with Crippen LogP contribution in [-0.2, 0) is 19.9 Å². The number of sulfonamides is 1. The highest BCUT2D eigenvalue weighted by Gasteiger charge is 2.49. The molecule has 1 aromatic carbocycles. The van der Waals surface area contributed by atoms with Crippen LogP contribution in [0.3, 0.4) is 0 Å². The fourth-order valence-corrected chi connectivity index (χ4v) is 7.30. The number of nitrogens with zero attached hydrogens (tertiary/aromatic N) is 2. The Morgan fingerprint density at radius 2 is 1.78 bits per heavy atom. The van der Waals surface area contributed by atoms with E-state index in [4.69, 9.17) is 4.74 Å². The molecule has 0 bridgehead atoms. The highest BCUT2D eigenvalue weighted by Crippen LogP contribution is 2.33. The van der Waals surface area contributed by atoms with Crippen LogP contribution in [0.15, 0.2) is 29.2 Å². The Morgan fingerprint density at radius 3 is 2.48 bits per heavy atom. The SMILES string of the molecule is COc1ccccc1S(=O)(=O)N1CCN(C)[C@@H]2CS(=O)(=O)C[C@@H]21. The third-order valence-electron chi connectivity index (χ3n) is 4.56. The molecule has 128 valence electrons. The number of rotatable bonds is 3. The van der Waals surface area contributed by atoms with Crippen molar-refractivity contribution >= 4 is 19.9 Å². The molecule has 2 aliphatic rings. The topological polar surface area (TPSA) is 84.0 Å². The summed E-state index contributed by atoms with van der Waals surface area (Å²) < 4.78 is 56.6. The lowest BCUT2D eigenvalue weighted by Crippen LogP contribution is -2.59. The predicted molar refractivity (Wildman–Crippen MR) is 85.7 cm³/mol. The zero-order valence-corrected chi connectivity index (χ0v) is 14.7. The molecule has 0 radical (unpaired) electrons. The fraction of sp³-hybridized carbons (Fsp3) is 0.571. The Kier molecular flexibility index (Phi) is 4.16. The van der Waals surface area contributed by atoms with Crippen molar-refractivity contribution in [1.82, 2.24) is 9.21 Å². The average Bonchev–Trinajstić information content (AvgIpc) is 2.83. The summed E-state index contributed by atoms with van der Waals surface area (Å²) in [6, 6.07) is 5.57. The summed E-state index contributed by atoms with van der Waals surface area (Å²) in [5.41, 5.74) is 0. The van der Waals surface area contributed by atoms with Crippen molar-refractivity contribution in [3.63, 3.8) is 0 Å². The van der Waals surface area contributed by atoms with E-state index in [9.17, 15) is 16.8 Å². The molecule has 0 N–H and O–H groups in total. The van der Waals surface area contributed by atoms with Crippen LogP contribution in [0, 0.1) is 0 Å². The monoisotopic (exact) mass is 360 g/mol. The number of piperazine rings is 1. The van der Waals surface area contributed by atoms with E-state index >= 15 is 0 Å². The first-order chi connectivity index (χ1) is 10.8. The molecule has 0 saturated carbocycles. The number of ether oxygens (including phenoxy) is 1. The molecule has 0 amide bonds. The standard InChI is InChI=1S/C14H20N2O5S2/c1-15-7-8-16(12-10-22(17,18)9-11(12)15)23(19,20)14-6-4-3-5-13(14)21-2/h3-6,11-12H,7-10H2,1-2H3/t11-,12+/m1/s1. The van der Waals surface area contributed by atoms with Crippen molar-refractivity contribution in [3.05, 3.63) is 24.3 Å². The van der Waals surface area contributed by atoms with Gasteiger partial charge in [-0.25, -0.2) is 16.8 Å². The molecule has 2 saturated heterocycles. The lowest BCUT2D eigenvalue weighted by atomic mass is 10.1. The van der Waals surface area contributed by atoms with Gasteiger partial charge in [-0.1, -0.05) is 12.1 Å². The van der Waals surface area contributed by atoms with Gasteiger partial charge in [0.2, 0.25) is 10.0 Å². The zero-order valence-electron chi connectivity index (χ0n) is 13.0. The lowest BCUT2D eigenvalue weighted by Gasteiger charge is -2.41. The van der Waals surface area contributed by atoms with Gasteiger partial charge in [0.15, 0.2) is 9.84 Å². The average molecular weight is 360 g/mol. The Morgan fingerprint density at radius 1 is 1.13 bits per heavy atom. The van der Waals surface area contributed by atoms with Crippen LogP contribution in [0.2, 0.25) is 0 Å². The van der Waals surface area contributed by atoms with Gasteiger partial charge in [0.25, 0.3) is 0 Å². The molecule has 2 heterocycles. The molecule has 1 aromatic rings. The van der Waals surface area contributed by atoms with Crippen LogP contribution in [0.1, 0.15) is 0 Å². The molecule has 7 nitrogen and oxygen atoms in total. The van der Waals surface area contributed by atoms with Gasteiger partial charge in [-0.05, 0) is 19.2 Å². The minimum Gasteiger partial charge on any atom is -0.495 e. The Bertz CT molecular complexity index is 806. The molecule has 0 aromatic heterocycles. The van der Waals surface area contributed by atoms with Crippen molar-refractivity contribution in [2.24, 2.45) is 0 Å². The number of hydrogen-bond donors (Lipinski definition) is 0. The first-order valence-electron chi connectivity index (χ1n) is 7.32. The summed E-state index contributed by atoms with van der Waals surface area (Å²) in [7, 11) is -3.79. The second kappa shape index (κ2) is 5.73. The Hall–Kier alpha value is -1.16. The van der Waals surface area contributed by atoms with Crippen LogP contribution >= 0.6 is 0 Å². The highest BCUT2D eigenvalue weighted by atomic mass is 32.2. The van der Waals surface area contributed by atoms with Gasteiger partial charge in [-0.3, -0.25) is 4.90 Å². The largest absolute Gasteiger partial charge is 0.495 e. The van der Waals surface area contributed by atoms with Crippen molar-refractivity contribution in [3.8, 4) is 5.75 Å². The second-order valence-electron chi connectivity index (χ2n) is 5.96. The van der Waals surface area contributed by atoms with E-state index in [0.29, 0.717) is 6.54 Å². The van der Waals surface area contributed by atoms with E-state index in [1.165, 1.54) is 17.5 Å². The first kappa shape index (κ1) is 16.7. The van der Waals surface area contributed by atoms with E-state index in [1.807, 2.05) is 11.9 Å². The van der Waals surface area contributed by atoms with Gasteiger partial charge in [-0.2, -0.15) is 4.31 Å². The summed E-state index contributed by atoms with van der Waals surface area (Å²) in [5.74, 6) is 0.145. The zero-order chi connectivity index (χ0) is 16.8. The van der Waals surface area contributed by atoms with E-state index < -0.39 is 25.9 Å². The van der Waals surface area contributed by atoms with Gasteiger partial charge < -0.3 is 4.74 Å². The minimum atomic E-state index is -3.82. The molecule has 0 aliphatic carbocycles. The van der Waals surface area contributed by atoms with Crippen molar-refractivity contribution in [2.75, 3.05) is 38.8 Å². The van der Waals surface area contributed by atoms with Crippen molar-refractivity contribution in [1.29, 1.82) is 0 Å². The minimum absolute atomic E-state index is 0.00606. The van der Waals surface area contributed by atoms with Gasteiger partial charge in [0.05, 0.1) is 24.7 Å². The maximum atomic E-state index is 13.1. The fourth-order valence-electron chi connectivity index (χ4n) is 3.35. The van der Waals surface area contributed by atoms with Gasteiger partial charge in [-0.15, -0.1) is 0 Å². The van der Waals surface area contributed by atoms with Crippen molar-refractivity contribution in [2.45, 2.75) is 17.0 Å². The summed E-state index contributed by atoms with van der Waals surface area (Å²) >= 11 is 0. The van der Waals surface area contributed by atoms with Crippen LogP contribution in [0.4, 0.5) is 0 Å². The molecule has 0 unspecified atom stereocenters. The third-order valence-corrected chi connectivity index (χ3v) is 8.22. The normalized spacial score (nSPS) is 28.4. The lowest BCUT2D eigenvalue weighted by molar-refractivity contribution is 0.121. The Labute approximate surface area is 136 Å². The molecular formula is C14H20N2O5S2. The maximum absolute atomic E-state index is 13.1.